The molecular formula is C103H110Cl4F12O24. The molecule has 4 heterocycles. The molecule has 0 aromatic heterocycles. The van der Waals surface area contributed by atoms with Gasteiger partial charge in [0.25, 0.3) is 0 Å². The lowest BCUT2D eigenvalue weighted by molar-refractivity contribution is -0.154. The number of hydrogen-bond acceptors (Lipinski definition) is 20. The second-order valence-electron chi connectivity index (χ2n) is 35.9. The van der Waals surface area contributed by atoms with Crippen LogP contribution in [0.2, 0.25) is 20.1 Å². The zero-order valence-electron chi connectivity index (χ0n) is 80.8. The molecule has 4 aliphatic rings. The van der Waals surface area contributed by atoms with Crippen LogP contribution in [0.4, 0.5) is 52.7 Å². The third kappa shape index (κ3) is 31.6. The Kier molecular flexibility index (Phi) is 37.3. The third-order valence-corrected chi connectivity index (χ3v) is 23.4. The topological polar surface area (TPSA) is 297 Å². The Balaban J connectivity index is 0.000000213. The summed E-state index contributed by atoms with van der Waals surface area (Å²) >= 11 is 24.8. The Morgan fingerprint density at radius 1 is 0.273 bits per heavy atom. The number of carboxylic acids is 4. The maximum absolute atomic E-state index is 13.5. The van der Waals surface area contributed by atoms with Crippen molar-refractivity contribution < 1.29 is 168 Å². The lowest BCUT2D eigenvalue weighted by Crippen LogP contribution is -2.40. The molecule has 4 atom stereocenters. The molecule has 0 saturated heterocycles. The lowest BCUT2D eigenvalue weighted by Gasteiger charge is -2.32. The molecule has 8 aromatic rings. The van der Waals surface area contributed by atoms with E-state index in [1.54, 1.807) is 166 Å². The van der Waals surface area contributed by atoms with Crippen molar-refractivity contribution in [2.24, 2.45) is 0 Å². The van der Waals surface area contributed by atoms with Crippen molar-refractivity contribution in [1.82, 2.24) is 0 Å². The van der Waals surface area contributed by atoms with E-state index >= 15 is 0 Å². The smallest absolute Gasteiger partial charge is 0.416 e. The van der Waals surface area contributed by atoms with Gasteiger partial charge in [0.1, 0.15) is 128 Å². The summed E-state index contributed by atoms with van der Waals surface area (Å²) in [5, 5.41) is 37.4. The van der Waals surface area contributed by atoms with E-state index in [1.165, 1.54) is 90.1 Å². The Morgan fingerprint density at radius 2 is 0.434 bits per heavy atom. The average molecular weight is 2100 g/mol. The number of allylic oxidation sites excluding steroid dienone is 4. The minimum atomic E-state index is -4.56. The molecule has 0 spiro atoms. The fraction of sp³-hybridized carbons (Fsp3) is 0.417. The molecule has 24 nitrogen and oxygen atoms in total. The number of rotatable bonds is 39. The van der Waals surface area contributed by atoms with Gasteiger partial charge in [-0.2, -0.15) is 52.7 Å². The number of ether oxygens (including phenoxy) is 16. The van der Waals surface area contributed by atoms with Crippen LogP contribution in [0.1, 0.15) is 178 Å². The van der Waals surface area contributed by atoms with Crippen LogP contribution in [0.25, 0.3) is 22.3 Å². The SMILES string of the molecule is CCC(C)(Oc1ccc(OCCCOc2cc3c(cc2Cl)C(C(F)(F)F)=CC(C)(C)O3)cc1)C(=O)O.CC[C@@](C)(Oc1ccc(OCCCOc2cc3c(cc2Cl)C(C(F)(F)F)=CC(C)(C)O3)cc1)C(=O)O.CC[C@@](C)(Oc1ccc(OCCOc2cc3c(cc2Cl)C(C(F)(F)F)=CC(C)(C)O3)cc1)C(=O)O.CC[C@](C)(Oc1ccc(OCCCOc2cc3c(cc2Cl)C(C(F)(F)F)=CC(C)(C)O3)cc1)C(=O)O. The zero-order chi connectivity index (χ0) is 106. The average Bonchev–Trinajstić information content (AvgIpc) is 0.770. The van der Waals surface area contributed by atoms with Crippen molar-refractivity contribution in [3.8, 4) is 92.0 Å². The minimum Gasteiger partial charge on any atom is -0.493 e. The Morgan fingerprint density at radius 3 is 0.608 bits per heavy atom. The monoisotopic (exact) mass is 2100 g/mol. The number of carbonyl (C=O) groups is 4. The van der Waals surface area contributed by atoms with Gasteiger partial charge >= 0.3 is 48.6 Å². The summed E-state index contributed by atoms with van der Waals surface area (Å²) in [6.45, 7) is 27.0. The van der Waals surface area contributed by atoms with Crippen LogP contribution < -0.4 is 75.8 Å². The van der Waals surface area contributed by atoms with E-state index in [9.17, 15) is 92.3 Å². The molecule has 0 bridgehead atoms. The van der Waals surface area contributed by atoms with E-state index in [0.29, 0.717) is 111 Å². The first-order valence-electron chi connectivity index (χ1n) is 44.9. The van der Waals surface area contributed by atoms with Crippen molar-refractivity contribution in [1.29, 1.82) is 0 Å². The molecule has 143 heavy (non-hydrogen) atoms. The highest BCUT2D eigenvalue weighted by Gasteiger charge is 2.48. The summed E-state index contributed by atoms with van der Waals surface area (Å²) in [6, 6.07) is 36.4. The van der Waals surface area contributed by atoms with Gasteiger partial charge < -0.3 is 96.2 Å². The zero-order valence-corrected chi connectivity index (χ0v) is 83.8. The summed E-state index contributed by atoms with van der Waals surface area (Å²) in [5.74, 6) is 0.603. The van der Waals surface area contributed by atoms with Crippen molar-refractivity contribution in [2.75, 3.05) is 52.9 Å². The summed E-state index contributed by atoms with van der Waals surface area (Å²) in [5.41, 5.74) is -13.6. The highest BCUT2D eigenvalue weighted by atomic mass is 35.5. The first-order chi connectivity index (χ1) is 66.5. The van der Waals surface area contributed by atoms with Gasteiger partial charge in [-0.15, -0.1) is 0 Å². The molecule has 8 aromatic carbocycles. The summed E-state index contributed by atoms with van der Waals surface area (Å²) in [4.78, 5) is 45.5. The van der Waals surface area contributed by atoms with Gasteiger partial charge in [0.2, 0.25) is 22.4 Å². The van der Waals surface area contributed by atoms with Crippen LogP contribution in [0.15, 0.2) is 170 Å². The van der Waals surface area contributed by atoms with Gasteiger partial charge in [-0.05, 0) is 254 Å². The number of benzene rings is 8. The van der Waals surface area contributed by atoms with E-state index in [1.807, 2.05) is 0 Å². The molecule has 4 N–H and O–H groups in total. The third-order valence-electron chi connectivity index (χ3n) is 22.2. The fourth-order valence-corrected chi connectivity index (χ4v) is 14.7. The standard InChI is InChI=1S/3C26H28ClF3O6.C25H26ClF3O6/c3*1-5-25(4,23(31)32)35-17-9-7-16(8-10-17)33-11-6-12-34-22-14-21-18(13-20(22)27)19(26(28,29)30)15-24(2,3)36-21;1-5-24(4,22(30)31)34-16-8-6-15(7-9-16)32-10-11-33-21-13-20-17(12-19(21)26)18(25(27,28)29)14-23(2,3)35-20/h3*7-10,13-15H,5-6,11-12H2,1-4H3,(H,31,32);6-9,12-14H,5,10-11H2,1-4H3,(H,30,31)/t2*25-;;24-/m10.1/s1. The van der Waals surface area contributed by atoms with Gasteiger partial charge in [-0.3, -0.25) is 0 Å². The number of aliphatic carboxylic acids is 4. The highest BCUT2D eigenvalue weighted by Crippen LogP contribution is 2.53. The second-order valence-corrected chi connectivity index (χ2v) is 37.5. The molecule has 12 rings (SSSR count). The van der Waals surface area contributed by atoms with Gasteiger partial charge in [0.05, 0.1) is 82.0 Å². The normalized spacial score (nSPS) is 16.2. The highest BCUT2D eigenvalue weighted by molar-refractivity contribution is 6.33. The molecule has 0 amide bonds. The predicted octanol–water partition coefficient (Wildman–Crippen LogP) is 27.4. The lowest BCUT2D eigenvalue weighted by atomic mass is 9.94. The first-order valence-corrected chi connectivity index (χ1v) is 46.4. The van der Waals surface area contributed by atoms with Crippen LogP contribution in [-0.2, 0) is 19.2 Å². The number of alkyl halides is 12. The van der Waals surface area contributed by atoms with E-state index < -0.39 is 116 Å². The van der Waals surface area contributed by atoms with E-state index in [-0.39, 0.29) is 121 Å². The summed E-state index contributed by atoms with van der Waals surface area (Å²) in [7, 11) is 0. The van der Waals surface area contributed by atoms with Crippen LogP contribution in [-0.4, -0.2) is 167 Å². The van der Waals surface area contributed by atoms with Gasteiger partial charge in [0.15, 0.2) is 0 Å². The number of halogens is 16. The summed E-state index contributed by atoms with van der Waals surface area (Å²) < 4.78 is 253. The first kappa shape index (κ1) is 114. The van der Waals surface area contributed by atoms with Gasteiger partial charge in [-0.25, -0.2) is 19.2 Å². The van der Waals surface area contributed by atoms with Crippen LogP contribution in [0, 0.1) is 0 Å². The molecule has 778 valence electrons. The largest absolute Gasteiger partial charge is 0.493 e. The van der Waals surface area contributed by atoms with E-state index in [4.69, 9.17) is 122 Å². The van der Waals surface area contributed by atoms with E-state index in [2.05, 4.69) is 0 Å². The summed E-state index contributed by atoms with van der Waals surface area (Å²) in [6.07, 6.45) is -11.4. The van der Waals surface area contributed by atoms with Crippen molar-refractivity contribution in [3.05, 3.63) is 212 Å². The number of fused-ring (bicyclic) bond motifs is 4. The van der Waals surface area contributed by atoms with Gasteiger partial charge in [0, 0.05) is 65.8 Å². The minimum absolute atomic E-state index is 0.0149. The Hall–Kier alpha value is -12.3. The van der Waals surface area contributed by atoms with Crippen LogP contribution in [0.5, 0.6) is 92.0 Å². The number of carboxylic acid groups (broad SMARTS) is 4. The molecule has 0 fully saturated rings. The molecule has 0 radical (unpaired) electrons. The fourth-order valence-electron chi connectivity index (χ4n) is 13.8. The Bertz CT molecular complexity index is 5500. The van der Waals surface area contributed by atoms with Gasteiger partial charge in [-0.1, -0.05) is 74.1 Å². The predicted molar refractivity (Wildman–Crippen MR) is 512 cm³/mol. The quantitative estimate of drug-likeness (QED) is 0.0206. The van der Waals surface area contributed by atoms with E-state index in [0.717, 1.165) is 24.3 Å². The van der Waals surface area contributed by atoms with Crippen LogP contribution >= 0.6 is 46.4 Å². The number of hydrogen-bond donors (Lipinski definition) is 4. The molecular weight excluding hydrogens is 1990 g/mol. The molecule has 1 unspecified atom stereocenters. The van der Waals surface area contributed by atoms with Crippen molar-refractivity contribution >= 4 is 92.6 Å². The van der Waals surface area contributed by atoms with Crippen molar-refractivity contribution in [3.63, 3.8) is 0 Å². The molecule has 4 aliphatic heterocycles. The molecule has 0 aliphatic carbocycles. The maximum atomic E-state index is 13.5. The maximum Gasteiger partial charge on any atom is 0.416 e. The Labute approximate surface area is 838 Å². The van der Waals surface area contributed by atoms with Crippen LogP contribution in [0.3, 0.4) is 0 Å². The van der Waals surface area contributed by atoms with Crippen molar-refractivity contribution in [2.45, 2.75) is 225 Å². The second kappa shape index (κ2) is 46.6. The molecule has 0 saturated carbocycles. The molecule has 40 heteroatoms.